The van der Waals surface area contributed by atoms with Gasteiger partial charge in [0.25, 0.3) is 0 Å². The summed E-state index contributed by atoms with van der Waals surface area (Å²) in [5.41, 5.74) is 0. The van der Waals surface area contributed by atoms with E-state index in [1.54, 1.807) is 0 Å². The van der Waals surface area contributed by atoms with E-state index in [9.17, 15) is 13.2 Å². The number of nitrogens with zero attached hydrogens (tertiary/aromatic N) is 1. The number of halogens is 4. The van der Waals surface area contributed by atoms with Crippen molar-refractivity contribution >= 4 is 11.6 Å². The van der Waals surface area contributed by atoms with E-state index in [1.807, 2.05) is 0 Å². The summed E-state index contributed by atoms with van der Waals surface area (Å²) in [5, 5.41) is 0. The maximum atomic E-state index is 12.0. The zero-order valence-electron chi connectivity index (χ0n) is 9.40. The Bertz CT molecular complexity index is 194. The van der Waals surface area contributed by atoms with Gasteiger partial charge in [-0.05, 0) is 38.8 Å². The molecule has 1 saturated heterocycles. The summed E-state index contributed by atoms with van der Waals surface area (Å²) >= 11 is 5.70. The smallest absolute Gasteiger partial charge is 0.300 e. The minimum atomic E-state index is -4.02. The maximum absolute atomic E-state index is 12.0. The number of hydrogen-bond donors (Lipinski definition) is 0. The first kappa shape index (κ1) is 14.1. The van der Waals surface area contributed by atoms with Gasteiger partial charge in [-0.2, -0.15) is 13.2 Å². The van der Waals surface area contributed by atoms with Gasteiger partial charge < -0.3 is 4.90 Å². The Morgan fingerprint density at radius 3 is 2.62 bits per heavy atom. The summed E-state index contributed by atoms with van der Waals surface area (Å²) in [4.78, 5) is 2.18. The topological polar surface area (TPSA) is 3.24 Å². The molecule has 96 valence electrons. The molecule has 1 fully saturated rings. The predicted octanol–water partition coefficient (Wildman–Crippen LogP) is 3.81. The van der Waals surface area contributed by atoms with Crippen LogP contribution in [0.4, 0.5) is 13.2 Å². The molecule has 1 atom stereocenters. The van der Waals surface area contributed by atoms with Crippen molar-refractivity contribution < 1.29 is 13.2 Å². The Labute approximate surface area is 99.9 Å². The van der Waals surface area contributed by atoms with Gasteiger partial charge in [0.1, 0.15) is 0 Å². The number of hydrogen-bond acceptors (Lipinski definition) is 1. The first-order valence-electron chi connectivity index (χ1n) is 5.89. The van der Waals surface area contributed by atoms with Gasteiger partial charge in [0, 0.05) is 18.3 Å². The highest BCUT2D eigenvalue weighted by Crippen LogP contribution is 2.24. The van der Waals surface area contributed by atoms with Gasteiger partial charge in [-0.25, -0.2) is 0 Å². The van der Waals surface area contributed by atoms with Crippen LogP contribution in [0.15, 0.2) is 0 Å². The van der Waals surface area contributed by atoms with Crippen LogP contribution in [0.3, 0.4) is 0 Å². The van der Waals surface area contributed by atoms with E-state index in [1.165, 1.54) is 6.42 Å². The molecule has 5 heteroatoms. The summed E-state index contributed by atoms with van der Waals surface area (Å²) in [6.07, 6.45) is -0.217. The molecule has 1 heterocycles. The van der Waals surface area contributed by atoms with Crippen molar-refractivity contribution in [1.29, 1.82) is 0 Å². The zero-order valence-corrected chi connectivity index (χ0v) is 10.2. The molecule has 1 aliphatic rings. The lowest BCUT2D eigenvalue weighted by Gasteiger charge is -2.35. The van der Waals surface area contributed by atoms with Crippen LogP contribution in [0.25, 0.3) is 0 Å². The maximum Gasteiger partial charge on any atom is 0.389 e. The van der Waals surface area contributed by atoms with Gasteiger partial charge in [-0.3, -0.25) is 0 Å². The van der Waals surface area contributed by atoms with E-state index in [-0.39, 0.29) is 6.42 Å². The Hall–Kier alpha value is 0.0400. The molecule has 0 bridgehead atoms. The molecule has 0 N–H and O–H groups in total. The van der Waals surface area contributed by atoms with Crippen molar-refractivity contribution in [3.05, 3.63) is 0 Å². The van der Waals surface area contributed by atoms with Crippen molar-refractivity contribution in [1.82, 2.24) is 4.90 Å². The van der Waals surface area contributed by atoms with Crippen molar-refractivity contribution in [3.63, 3.8) is 0 Å². The molecule has 0 aromatic carbocycles. The Morgan fingerprint density at radius 2 is 2.00 bits per heavy atom. The first-order valence-corrected chi connectivity index (χ1v) is 6.43. The minimum absolute atomic E-state index is 0.211. The number of likely N-dealkylation sites (tertiary alicyclic amines) is 1. The van der Waals surface area contributed by atoms with Crippen LogP contribution in [-0.4, -0.2) is 36.1 Å². The fourth-order valence-electron chi connectivity index (χ4n) is 2.29. The lowest BCUT2D eigenvalue weighted by molar-refractivity contribution is -0.136. The highest BCUT2D eigenvalue weighted by Gasteiger charge is 2.28. The molecule has 0 spiro atoms. The van der Waals surface area contributed by atoms with Crippen molar-refractivity contribution in [2.75, 3.05) is 19.0 Å². The van der Waals surface area contributed by atoms with E-state index in [2.05, 4.69) is 4.90 Å². The molecule has 0 aliphatic carbocycles. The quantitative estimate of drug-likeness (QED) is 0.677. The molecule has 0 radical (unpaired) electrons. The molecule has 16 heavy (non-hydrogen) atoms. The highest BCUT2D eigenvalue weighted by molar-refractivity contribution is 6.17. The van der Waals surface area contributed by atoms with Crippen LogP contribution in [0.5, 0.6) is 0 Å². The summed E-state index contributed by atoms with van der Waals surface area (Å²) in [5.74, 6) is 0.598. The molecule has 0 aromatic rings. The standard InChI is InChI=1S/C11H19ClF3N/c12-7-5-10-4-1-2-8-16(10)9-3-6-11(13,14)15/h10H,1-9H2. The third-order valence-corrected chi connectivity index (χ3v) is 3.32. The molecule has 1 rings (SSSR count). The van der Waals surface area contributed by atoms with Crippen LogP contribution in [0.1, 0.15) is 38.5 Å². The SMILES string of the molecule is FC(F)(F)CCCN1CCCCC1CCCl. The van der Waals surface area contributed by atoms with Crippen molar-refractivity contribution in [2.45, 2.75) is 50.7 Å². The fraction of sp³-hybridized carbons (Fsp3) is 1.00. The second kappa shape index (κ2) is 6.70. The molecule has 1 nitrogen and oxygen atoms in total. The second-order valence-corrected chi connectivity index (χ2v) is 4.76. The van der Waals surface area contributed by atoms with E-state index in [0.29, 0.717) is 18.5 Å². The van der Waals surface area contributed by atoms with Crippen molar-refractivity contribution in [3.8, 4) is 0 Å². The fourth-order valence-corrected chi connectivity index (χ4v) is 2.54. The molecule has 0 amide bonds. The average molecular weight is 258 g/mol. The summed E-state index contributed by atoms with van der Waals surface area (Å²) in [6, 6.07) is 0.402. The third kappa shape index (κ3) is 5.39. The number of alkyl halides is 4. The number of rotatable bonds is 5. The minimum Gasteiger partial charge on any atom is -0.300 e. The molecule has 0 aromatic heterocycles. The average Bonchev–Trinajstić information content (AvgIpc) is 2.19. The van der Waals surface area contributed by atoms with Crippen LogP contribution < -0.4 is 0 Å². The molecule has 0 saturated carbocycles. The van der Waals surface area contributed by atoms with Gasteiger partial charge >= 0.3 is 6.18 Å². The monoisotopic (exact) mass is 257 g/mol. The second-order valence-electron chi connectivity index (χ2n) is 4.38. The molecule has 1 aliphatic heterocycles. The lowest BCUT2D eigenvalue weighted by Crippen LogP contribution is -2.40. The zero-order chi connectivity index (χ0) is 12.0. The van der Waals surface area contributed by atoms with Crippen LogP contribution in [-0.2, 0) is 0 Å². The van der Waals surface area contributed by atoms with E-state index >= 15 is 0 Å². The van der Waals surface area contributed by atoms with Gasteiger partial charge in [0.05, 0.1) is 0 Å². The van der Waals surface area contributed by atoms with E-state index < -0.39 is 12.6 Å². The first-order chi connectivity index (χ1) is 7.53. The van der Waals surface area contributed by atoms with E-state index in [0.717, 1.165) is 25.8 Å². The molecular formula is C11H19ClF3N. The Morgan fingerprint density at radius 1 is 1.25 bits per heavy atom. The summed E-state index contributed by atoms with van der Waals surface area (Å²) in [6.45, 7) is 1.49. The van der Waals surface area contributed by atoms with Crippen LogP contribution >= 0.6 is 11.6 Å². The largest absolute Gasteiger partial charge is 0.389 e. The number of piperidine rings is 1. The van der Waals surface area contributed by atoms with E-state index in [4.69, 9.17) is 11.6 Å². The predicted molar refractivity (Wildman–Crippen MR) is 59.8 cm³/mol. The van der Waals surface area contributed by atoms with Crippen LogP contribution in [0.2, 0.25) is 0 Å². The summed E-state index contributed by atoms with van der Waals surface area (Å²) in [7, 11) is 0. The normalized spacial score (nSPS) is 23.6. The lowest BCUT2D eigenvalue weighted by atomic mass is 9.99. The van der Waals surface area contributed by atoms with Gasteiger partial charge in [0.15, 0.2) is 0 Å². The van der Waals surface area contributed by atoms with Gasteiger partial charge in [-0.1, -0.05) is 6.42 Å². The van der Waals surface area contributed by atoms with Gasteiger partial charge in [0.2, 0.25) is 0 Å². The Kier molecular flexibility index (Phi) is 5.90. The van der Waals surface area contributed by atoms with Gasteiger partial charge in [-0.15, -0.1) is 11.6 Å². The van der Waals surface area contributed by atoms with Crippen LogP contribution in [0, 0.1) is 0 Å². The molecule has 1 unspecified atom stereocenters. The Balaban J connectivity index is 2.27. The molecular weight excluding hydrogens is 239 g/mol. The third-order valence-electron chi connectivity index (χ3n) is 3.10. The highest BCUT2D eigenvalue weighted by atomic mass is 35.5. The van der Waals surface area contributed by atoms with Crippen molar-refractivity contribution in [2.24, 2.45) is 0 Å². The summed E-state index contributed by atoms with van der Waals surface area (Å²) < 4.78 is 36.0.